The van der Waals surface area contributed by atoms with Crippen molar-refractivity contribution in [3.05, 3.63) is 59.7 Å². The third-order valence-electron chi connectivity index (χ3n) is 4.29. The molecule has 3 rings (SSSR count). The van der Waals surface area contributed by atoms with Gasteiger partial charge >= 0.3 is 5.97 Å². The van der Waals surface area contributed by atoms with Gasteiger partial charge in [-0.15, -0.1) is 0 Å². The number of aliphatic carboxylic acids is 1. The molecule has 1 unspecified atom stereocenters. The summed E-state index contributed by atoms with van der Waals surface area (Å²) in [6.45, 7) is 0.719. The number of ether oxygens (including phenoxy) is 1. The Hall–Kier alpha value is -2.96. The zero-order valence-electron chi connectivity index (χ0n) is 13.8. The molecule has 5 nitrogen and oxygen atoms in total. The van der Waals surface area contributed by atoms with Gasteiger partial charge in [0.2, 0.25) is 0 Å². The normalized spacial score (nSPS) is 17.0. The number of hydrogen-bond donors (Lipinski definition) is 1. The summed E-state index contributed by atoms with van der Waals surface area (Å²) >= 11 is 0. The summed E-state index contributed by atoms with van der Waals surface area (Å²) in [7, 11) is 0. The molecule has 1 aliphatic rings. The predicted molar refractivity (Wildman–Crippen MR) is 89.1 cm³/mol. The minimum atomic E-state index is -1.01. The van der Waals surface area contributed by atoms with Crippen LogP contribution >= 0.6 is 0 Å². The fourth-order valence-electron chi connectivity index (χ4n) is 2.89. The number of carbonyl (C=O) groups excluding carboxylic acids is 1. The minimum Gasteiger partial charge on any atom is -0.481 e. The highest BCUT2D eigenvalue weighted by Gasteiger charge is 2.28. The molecule has 136 valence electrons. The van der Waals surface area contributed by atoms with E-state index in [4.69, 9.17) is 9.84 Å². The number of halogens is 2. The molecular formula is C19H17F2NO4. The predicted octanol–water partition coefficient (Wildman–Crippen LogP) is 3.69. The summed E-state index contributed by atoms with van der Waals surface area (Å²) in [4.78, 5) is 25.2. The minimum absolute atomic E-state index is 0.142. The summed E-state index contributed by atoms with van der Waals surface area (Å²) in [5.41, 5.74) is 0.411. The van der Waals surface area contributed by atoms with Crippen LogP contribution in [0.1, 0.15) is 23.2 Å². The van der Waals surface area contributed by atoms with Crippen LogP contribution in [0.3, 0.4) is 0 Å². The standard InChI is InChI=1S/C19H17F2NO4/c20-16-8-7-15(10-17(16)21)26-14-5-3-12(4-6-14)18(23)22-9-1-2-13(11-22)19(24)25/h3-8,10,13H,1-2,9,11H2,(H,24,25). The Morgan fingerprint density at radius 1 is 1.04 bits per heavy atom. The first-order chi connectivity index (χ1) is 12.4. The summed E-state index contributed by atoms with van der Waals surface area (Å²) in [6, 6.07) is 9.42. The van der Waals surface area contributed by atoms with E-state index in [0.717, 1.165) is 12.1 Å². The molecule has 1 saturated heterocycles. The Labute approximate surface area is 148 Å². The van der Waals surface area contributed by atoms with E-state index in [1.165, 1.54) is 11.0 Å². The molecule has 0 bridgehead atoms. The molecule has 1 N–H and O–H groups in total. The lowest BCUT2D eigenvalue weighted by molar-refractivity contribution is -0.143. The van der Waals surface area contributed by atoms with E-state index in [0.29, 0.717) is 30.7 Å². The SMILES string of the molecule is O=C(O)C1CCCN(C(=O)c2ccc(Oc3ccc(F)c(F)c3)cc2)C1. The van der Waals surface area contributed by atoms with Crippen molar-refractivity contribution in [1.82, 2.24) is 4.90 Å². The Kier molecular flexibility index (Phi) is 5.16. The van der Waals surface area contributed by atoms with Crippen molar-refractivity contribution in [2.45, 2.75) is 12.8 Å². The summed E-state index contributed by atoms with van der Waals surface area (Å²) in [6.07, 6.45) is 1.22. The van der Waals surface area contributed by atoms with Gasteiger partial charge in [0.1, 0.15) is 11.5 Å². The Morgan fingerprint density at radius 2 is 1.73 bits per heavy atom. The molecule has 1 amide bonds. The third kappa shape index (κ3) is 3.99. The zero-order valence-corrected chi connectivity index (χ0v) is 13.8. The second kappa shape index (κ2) is 7.51. The molecule has 2 aromatic rings. The Balaban J connectivity index is 1.67. The quantitative estimate of drug-likeness (QED) is 0.902. The number of hydrogen-bond acceptors (Lipinski definition) is 3. The smallest absolute Gasteiger partial charge is 0.308 e. The van der Waals surface area contributed by atoms with Crippen molar-refractivity contribution >= 4 is 11.9 Å². The van der Waals surface area contributed by atoms with Crippen LogP contribution in [0, 0.1) is 17.6 Å². The van der Waals surface area contributed by atoms with Gasteiger partial charge in [-0.2, -0.15) is 0 Å². The molecule has 0 aliphatic carbocycles. The van der Waals surface area contributed by atoms with E-state index < -0.39 is 23.5 Å². The van der Waals surface area contributed by atoms with Crippen LogP contribution in [-0.4, -0.2) is 35.0 Å². The van der Waals surface area contributed by atoms with Crippen molar-refractivity contribution < 1.29 is 28.2 Å². The lowest BCUT2D eigenvalue weighted by Gasteiger charge is -2.30. The molecule has 0 radical (unpaired) electrons. The number of benzene rings is 2. The highest BCUT2D eigenvalue weighted by atomic mass is 19.2. The van der Waals surface area contributed by atoms with Gasteiger partial charge in [-0.25, -0.2) is 8.78 Å². The Morgan fingerprint density at radius 3 is 2.38 bits per heavy atom. The van der Waals surface area contributed by atoms with Gasteiger partial charge in [-0.3, -0.25) is 9.59 Å². The van der Waals surface area contributed by atoms with Crippen LogP contribution in [-0.2, 0) is 4.79 Å². The highest BCUT2D eigenvalue weighted by molar-refractivity contribution is 5.94. The van der Waals surface area contributed by atoms with Gasteiger partial charge in [0.15, 0.2) is 11.6 Å². The van der Waals surface area contributed by atoms with E-state index >= 15 is 0 Å². The third-order valence-corrected chi connectivity index (χ3v) is 4.29. The average Bonchev–Trinajstić information content (AvgIpc) is 2.65. The zero-order chi connectivity index (χ0) is 18.7. The molecule has 0 aromatic heterocycles. The second-order valence-electron chi connectivity index (χ2n) is 6.13. The molecule has 1 atom stereocenters. The van der Waals surface area contributed by atoms with E-state index in [2.05, 4.69) is 0 Å². The number of amides is 1. The molecule has 1 aliphatic heterocycles. The second-order valence-corrected chi connectivity index (χ2v) is 6.13. The first-order valence-corrected chi connectivity index (χ1v) is 8.19. The maximum Gasteiger partial charge on any atom is 0.308 e. The molecule has 1 heterocycles. The van der Waals surface area contributed by atoms with Gasteiger partial charge in [-0.1, -0.05) is 0 Å². The molecule has 0 spiro atoms. The molecule has 7 heteroatoms. The number of nitrogens with zero attached hydrogens (tertiary/aromatic N) is 1. The van der Waals surface area contributed by atoms with Crippen LogP contribution in [0.25, 0.3) is 0 Å². The van der Waals surface area contributed by atoms with Crippen LogP contribution in [0.15, 0.2) is 42.5 Å². The van der Waals surface area contributed by atoms with Gasteiger partial charge < -0.3 is 14.7 Å². The first kappa shape index (κ1) is 17.8. The van der Waals surface area contributed by atoms with E-state index in [1.54, 1.807) is 24.3 Å². The maximum atomic E-state index is 13.2. The van der Waals surface area contributed by atoms with Crippen molar-refractivity contribution in [2.24, 2.45) is 5.92 Å². The van der Waals surface area contributed by atoms with Gasteiger partial charge in [-0.05, 0) is 49.2 Å². The lowest BCUT2D eigenvalue weighted by Crippen LogP contribution is -2.42. The molecular weight excluding hydrogens is 344 g/mol. The van der Waals surface area contributed by atoms with Crippen LogP contribution in [0.2, 0.25) is 0 Å². The monoisotopic (exact) mass is 361 g/mol. The topological polar surface area (TPSA) is 66.8 Å². The summed E-state index contributed by atoms with van der Waals surface area (Å²) in [5, 5.41) is 9.12. The van der Waals surface area contributed by atoms with Crippen molar-refractivity contribution in [3.8, 4) is 11.5 Å². The van der Waals surface area contributed by atoms with Crippen LogP contribution in [0.5, 0.6) is 11.5 Å². The number of rotatable bonds is 4. The van der Waals surface area contributed by atoms with E-state index in [1.807, 2.05) is 0 Å². The number of carbonyl (C=O) groups is 2. The molecule has 2 aromatic carbocycles. The van der Waals surface area contributed by atoms with E-state index in [9.17, 15) is 18.4 Å². The summed E-state index contributed by atoms with van der Waals surface area (Å²) in [5.74, 6) is -3.12. The average molecular weight is 361 g/mol. The number of likely N-dealkylation sites (tertiary alicyclic amines) is 1. The van der Waals surface area contributed by atoms with Crippen molar-refractivity contribution in [2.75, 3.05) is 13.1 Å². The largest absolute Gasteiger partial charge is 0.481 e. The highest BCUT2D eigenvalue weighted by Crippen LogP contribution is 2.24. The molecule has 26 heavy (non-hydrogen) atoms. The first-order valence-electron chi connectivity index (χ1n) is 8.19. The number of piperidine rings is 1. The van der Waals surface area contributed by atoms with Crippen molar-refractivity contribution in [1.29, 1.82) is 0 Å². The van der Waals surface area contributed by atoms with Crippen molar-refractivity contribution in [3.63, 3.8) is 0 Å². The fraction of sp³-hybridized carbons (Fsp3) is 0.263. The van der Waals surface area contributed by atoms with Gasteiger partial charge in [0, 0.05) is 24.7 Å². The molecule has 1 fully saturated rings. The van der Waals surface area contributed by atoms with Crippen LogP contribution in [0.4, 0.5) is 8.78 Å². The van der Waals surface area contributed by atoms with Crippen LogP contribution < -0.4 is 4.74 Å². The lowest BCUT2D eigenvalue weighted by atomic mass is 9.97. The Bertz CT molecular complexity index is 823. The maximum absolute atomic E-state index is 13.2. The fourth-order valence-corrected chi connectivity index (χ4v) is 2.89. The van der Waals surface area contributed by atoms with Gasteiger partial charge in [0.05, 0.1) is 5.92 Å². The van der Waals surface area contributed by atoms with E-state index in [-0.39, 0.29) is 18.2 Å². The van der Waals surface area contributed by atoms with Gasteiger partial charge in [0.25, 0.3) is 5.91 Å². The summed E-state index contributed by atoms with van der Waals surface area (Å²) < 4.78 is 31.6. The number of carboxylic acids is 1. The molecule has 0 saturated carbocycles. The number of carboxylic acid groups (broad SMARTS) is 1.